The molecule has 12 nitrogen and oxygen atoms in total. The summed E-state index contributed by atoms with van der Waals surface area (Å²) in [5.41, 5.74) is 4.83. The normalized spacial score (nSPS) is 15.0. The first kappa shape index (κ1) is 38.7. The highest BCUT2D eigenvalue weighted by molar-refractivity contribution is 6.12. The van der Waals surface area contributed by atoms with E-state index in [1.807, 2.05) is 13.8 Å². The average molecular weight is 596 g/mol. The number of nitrogens with one attached hydrogen (secondary N) is 3. The number of hydrogen-bond acceptors (Lipinski definition) is 8. The van der Waals surface area contributed by atoms with Crippen molar-refractivity contribution in [1.82, 2.24) is 20.9 Å². The van der Waals surface area contributed by atoms with E-state index < -0.39 is 41.5 Å². The molecule has 5 amide bonds. The van der Waals surface area contributed by atoms with Crippen LogP contribution in [0.2, 0.25) is 0 Å². The average Bonchev–Trinajstić information content (AvgIpc) is 3.23. The van der Waals surface area contributed by atoms with E-state index in [2.05, 4.69) is 16.0 Å². The van der Waals surface area contributed by atoms with Crippen molar-refractivity contribution in [1.29, 1.82) is 0 Å². The van der Waals surface area contributed by atoms with Crippen LogP contribution in [-0.2, 0) is 33.5 Å². The van der Waals surface area contributed by atoms with Gasteiger partial charge in [-0.1, -0.05) is 34.1 Å². The second-order valence-corrected chi connectivity index (χ2v) is 11.4. The van der Waals surface area contributed by atoms with Crippen LogP contribution in [-0.4, -0.2) is 77.2 Å². The fourth-order valence-corrected chi connectivity index (χ4v) is 3.94. The molecule has 42 heavy (non-hydrogen) atoms. The van der Waals surface area contributed by atoms with Gasteiger partial charge >= 0.3 is 5.97 Å². The van der Waals surface area contributed by atoms with Crippen molar-refractivity contribution in [3.8, 4) is 0 Å². The number of unbranched alkanes of at least 4 members (excludes halogenated alkanes) is 3. The van der Waals surface area contributed by atoms with Crippen molar-refractivity contribution in [3.63, 3.8) is 0 Å². The van der Waals surface area contributed by atoms with Gasteiger partial charge in [-0.25, -0.2) is 4.79 Å². The molecular formula is C30H53N5O7. The number of esters is 1. The maximum Gasteiger partial charge on any atom is 0.329 e. The van der Waals surface area contributed by atoms with Gasteiger partial charge in [0.05, 0.1) is 0 Å². The van der Waals surface area contributed by atoms with Crippen LogP contribution in [0.4, 0.5) is 0 Å². The highest BCUT2D eigenvalue weighted by Crippen LogP contribution is 2.12. The summed E-state index contributed by atoms with van der Waals surface area (Å²) in [5, 5.41) is 8.03. The first-order valence-electron chi connectivity index (χ1n) is 15.0. The van der Waals surface area contributed by atoms with E-state index in [0.717, 1.165) is 4.90 Å². The third-order valence-electron chi connectivity index (χ3n) is 6.16. The van der Waals surface area contributed by atoms with Crippen molar-refractivity contribution in [2.75, 3.05) is 13.1 Å². The van der Waals surface area contributed by atoms with Gasteiger partial charge in [0.25, 0.3) is 11.8 Å². The molecule has 0 fully saturated rings. The minimum Gasteiger partial charge on any atom is -0.458 e. The van der Waals surface area contributed by atoms with Gasteiger partial charge in [0, 0.05) is 25.1 Å². The summed E-state index contributed by atoms with van der Waals surface area (Å²) in [6.07, 6.45) is 6.03. The number of hydrogen-bond donors (Lipinski definition) is 4. The molecule has 0 aromatic heterocycles. The second kappa shape index (κ2) is 19.8. The summed E-state index contributed by atoms with van der Waals surface area (Å²) in [4.78, 5) is 75.3. The fraction of sp³-hybridized carbons (Fsp3) is 0.733. The molecule has 1 heterocycles. The van der Waals surface area contributed by atoms with E-state index in [1.54, 1.807) is 34.6 Å². The maximum absolute atomic E-state index is 13.0. The van der Waals surface area contributed by atoms with Gasteiger partial charge in [0.1, 0.15) is 23.7 Å². The molecule has 0 aromatic carbocycles. The maximum atomic E-state index is 13.0. The van der Waals surface area contributed by atoms with E-state index in [1.165, 1.54) is 19.1 Å². The Hall–Kier alpha value is -3.28. The third-order valence-corrected chi connectivity index (χ3v) is 6.16. The van der Waals surface area contributed by atoms with Crippen molar-refractivity contribution < 1.29 is 33.5 Å². The van der Waals surface area contributed by atoms with Crippen LogP contribution in [0, 0.1) is 5.92 Å². The fourth-order valence-electron chi connectivity index (χ4n) is 3.94. The molecule has 0 aliphatic carbocycles. The lowest BCUT2D eigenvalue weighted by molar-refractivity contribution is -0.159. The van der Waals surface area contributed by atoms with E-state index in [-0.39, 0.29) is 30.1 Å². The number of carbonyl (C=O) groups is 6. The van der Waals surface area contributed by atoms with Crippen molar-refractivity contribution in [2.24, 2.45) is 11.7 Å². The Balaban J connectivity index is 0.00000821. The predicted octanol–water partition coefficient (Wildman–Crippen LogP) is 2.10. The Morgan fingerprint density at radius 1 is 0.857 bits per heavy atom. The van der Waals surface area contributed by atoms with Crippen molar-refractivity contribution in [2.45, 2.75) is 124 Å². The number of ether oxygens (including phenoxy) is 1. The van der Waals surface area contributed by atoms with Crippen LogP contribution in [0.25, 0.3) is 0 Å². The largest absolute Gasteiger partial charge is 0.458 e. The zero-order valence-electron chi connectivity index (χ0n) is 26.7. The van der Waals surface area contributed by atoms with Crippen LogP contribution in [0.3, 0.4) is 0 Å². The summed E-state index contributed by atoms with van der Waals surface area (Å²) in [5.74, 6) is -2.83. The minimum atomic E-state index is -0.962. The molecule has 3 atom stereocenters. The molecule has 0 aromatic rings. The first-order chi connectivity index (χ1) is 19.7. The van der Waals surface area contributed by atoms with Crippen LogP contribution in [0.5, 0.6) is 0 Å². The van der Waals surface area contributed by atoms with Crippen LogP contribution < -0.4 is 21.7 Å². The molecule has 0 spiro atoms. The van der Waals surface area contributed by atoms with Gasteiger partial charge in [0.15, 0.2) is 0 Å². The number of imide groups is 1. The number of carbonyl (C=O) groups excluding carboxylic acids is 6. The molecule has 240 valence electrons. The van der Waals surface area contributed by atoms with E-state index in [0.29, 0.717) is 51.6 Å². The summed E-state index contributed by atoms with van der Waals surface area (Å²) in [7, 11) is 0. The molecule has 0 saturated heterocycles. The smallest absolute Gasteiger partial charge is 0.329 e. The SMILES string of the molecule is CC.CC(NC(=O)C(NC(=O)CCCCCN1C(=O)C=CC1=O)C(C)C)C(=O)NC(CCCCN)C(=O)OC(C)(C)C. The van der Waals surface area contributed by atoms with E-state index in [9.17, 15) is 28.8 Å². The van der Waals surface area contributed by atoms with Gasteiger partial charge in [-0.15, -0.1) is 0 Å². The standard InChI is InChI=1S/C28H47N5O7.C2H6/c1-18(2)24(32-21(34)13-8-7-11-17-33-22(35)14-15-23(33)36)26(38)30-19(3)25(37)31-20(12-9-10-16-29)27(39)40-28(4,5)6;1-2/h14-15,18-20,24H,7-13,16-17,29H2,1-6H3,(H,30,38)(H,31,37)(H,32,34);1-2H3. The summed E-state index contributed by atoms with van der Waals surface area (Å²) in [6, 6.07) is -2.70. The molecular weight excluding hydrogens is 542 g/mol. The zero-order valence-corrected chi connectivity index (χ0v) is 26.7. The van der Waals surface area contributed by atoms with Gasteiger partial charge in [-0.05, 0) is 72.3 Å². The van der Waals surface area contributed by atoms with Gasteiger partial charge < -0.3 is 26.4 Å². The molecule has 0 saturated carbocycles. The Morgan fingerprint density at radius 2 is 1.45 bits per heavy atom. The molecule has 1 aliphatic heterocycles. The third kappa shape index (κ3) is 15.1. The Morgan fingerprint density at radius 3 is 1.98 bits per heavy atom. The van der Waals surface area contributed by atoms with E-state index in [4.69, 9.17) is 10.5 Å². The van der Waals surface area contributed by atoms with Crippen LogP contribution >= 0.6 is 0 Å². The lowest BCUT2D eigenvalue weighted by Crippen LogP contribution is -2.56. The second-order valence-electron chi connectivity index (χ2n) is 11.4. The first-order valence-corrected chi connectivity index (χ1v) is 15.0. The highest BCUT2D eigenvalue weighted by atomic mass is 16.6. The van der Waals surface area contributed by atoms with Gasteiger partial charge in [0.2, 0.25) is 17.7 Å². The molecule has 5 N–H and O–H groups in total. The van der Waals surface area contributed by atoms with Crippen LogP contribution in [0.15, 0.2) is 12.2 Å². The number of nitrogens with zero attached hydrogens (tertiary/aromatic N) is 1. The molecule has 1 aliphatic rings. The van der Waals surface area contributed by atoms with Crippen molar-refractivity contribution >= 4 is 35.5 Å². The summed E-state index contributed by atoms with van der Waals surface area (Å²) in [6.45, 7) is 15.0. The quantitative estimate of drug-likeness (QED) is 0.112. The zero-order chi connectivity index (χ0) is 32.5. The Bertz CT molecular complexity index is 925. The monoisotopic (exact) mass is 595 g/mol. The molecule has 1 rings (SSSR count). The lowest BCUT2D eigenvalue weighted by atomic mass is 10.0. The summed E-state index contributed by atoms with van der Waals surface area (Å²) >= 11 is 0. The number of nitrogens with two attached hydrogens (primary N) is 1. The van der Waals surface area contributed by atoms with Crippen LogP contribution in [0.1, 0.15) is 100 Å². The molecule has 12 heteroatoms. The molecule has 3 unspecified atom stereocenters. The highest BCUT2D eigenvalue weighted by Gasteiger charge is 2.30. The van der Waals surface area contributed by atoms with E-state index >= 15 is 0 Å². The van der Waals surface area contributed by atoms with Crippen molar-refractivity contribution in [3.05, 3.63) is 12.2 Å². The number of rotatable bonds is 17. The number of amides is 5. The molecule has 0 bridgehead atoms. The Labute approximate surface area is 250 Å². The minimum absolute atomic E-state index is 0.174. The predicted molar refractivity (Wildman–Crippen MR) is 161 cm³/mol. The Kier molecular flexibility index (Phi) is 18.2. The van der Waals surface area contributed by atoms with Gasteiger partial charge in [-0.2, -0.15) is 0 Å². The molecule has 0 radical (unpaired) electrons. The summed E-state index contributed by atoms with van der Waals surface area (Å²) < 4.78 is 5.43. The topological polar surface area (TPSA) is 177 Å². The lowest BCUT2D eigenvalue weighted by Gasteiger charge is -2.27. The van der Waals surface area contributed by atoms with Gasteiger partial charge in [-0.3, -0.25) is 28.9 Å².